The van der Waals surface area contributed by atoms with Crippen molar-refractivity contribution in [1.82, 2.24) is 5.32 Å². The Balaban J connectivity index is 0.00000200. The lowest BCUT2D eigenvalue weighted by Crippen LogP contribution is -3.00. The van der Waals surface area contributed by atoms with E-state index in [9.17, 15) is 0 Å². The Morgan fingerprint density at radius 2 is 1.85 bits per heavy atom. The maximum atomic E-state index is 5.30. The number of hydrogen-bond acceptors (Lipinski definition) is 4. The van der Waals surface area contributed by atoms with Crippen molar-refractivity contribution >= 4 is 11.3 Å². The van der Waals surface area contributed by atoms with E-state index in [0.717, 1.165) is 31.0 Å². The molecule has 1 aromatic carbocycles. The third-order valence-electron chi connectivity index (χ3n) is 2.95. The molecule has 5 heteroatoms. The van der Waals surface area contributed by atoms with Crippen LogP contribution in [0.4, 0.5) is 0 Å². The maximum absolute atomic E-state index is 5.30. The van der Waals surface area contributed by atoms with Gasteiger partial charge in [0.15, 0.2) is 11.5 Å². The van der Waals surface area contributed by atoms with Gasteiger partial charge in [-0.05, 0) is 53.1 Å². The third-order valence-corrected chi connectivity index (χ3v) is 3.68. The van der Waals surface area contributed by atoms with Crippen LogP contribution in [0.1, 0.15) is 11.1 Å². The Hall–Kier alpha value is -1.23. The zero-order chi connectivity index (χ0) is 13.5. The molecule has 2 aromatic rings. The van der Waals surface area contributed by atoms with Gasteiger partial charge in [0.1, 0.15) is 0 Å². The number of nitrogens with one attached hydrogen (secondary N) is 1. The summed E-state index contributed by atoms with van der Waals surface area (Å²) in [7, 11) is 3.32. The fourth-order valence-electron chi connectivity index (χ4n) is 1.89. The predicted molar refractivity (Wildman–Crippen MR) is 79.3 cm³/mol. The SMILES string of the molecule is COc1ccc(CCNCc2ccsc2)cc1OC.[Cl-]. The summed E-state index contributed by atoms with van der Waals surface area (Å²) in [6, 6.07) is 8.21. The molecule has 0 saturated carbocycles. The number of methoxy groups -OCH3 is 2. The minimum atomic E-state index is 0. The first-order chi connectivity index (χ1) is 9.33. The molecule has 0 atom stereocenters. The van der Waals surface area contributed by atoms with E-state index >= 15 is 0 Å². The molecular weight excluding hydrogens is 294 g/mol. The molecule has 0 fully saturated rings. The predicted octanol–water partition coefficient (Wildman–Crippen LogP) is 0.102. The number of thiophene rings is 1. The first-order valence-electron chi connectivity index (χ1n) is 6.26. The van der Waals surface area contributed by atoms with E-state index in [4.69, 9.17) is 9.47 Å². The molecule has 1 heterocycles. The lowest BCUT2D eigenvalue weighted by molar-refractivity contribution is -0.00000440. The Morgan fingerprint density at radius 1 is 1.05 bits per heavy atom. The van der Waals surface area contributed by atoms with E-state index in [-0.39, 0.29) is 12.4 Å². The maximum Gasteiger partial charge on any atom is 0.160 e. The molecule has 0 saturated heterocycles. The summed E-state index contributed by atoms with van der Waals surface area (Å²) in [4.78, 5) is 0. The summed E-state index contributed by atoms with van der Waals surface area (Å²) in [6.45, 7) is 1.88. The quantitative estimate of drug-likeness (QED) is 0.736. The molecule has 0 aliphatic carbocycles. The highest BCUT2D eigenvalue weighted by Gasteiger charge is 2.04. The van der Waals surface area contributed by atoms with Crippen LogP contribution in [-0.4, -0.2) is 20.8 Å². The van der Waals surface area contributed by atoms with Gasteiger partial charge < -0.3 is 27.2 Å². The standard InChI is InChI=1S/C15H19NO2S.ClH/c1-17-14-4-3-12(9-15(14)18-2)5-7-16-10-13-6-8-19-11-13;/h3-4,6,8-9,11,16H,5,7,10H2,1-2H3;1H/p-1. The number of hydrogen-bond donors (Lipinski definition) is 1. The highest BCUT2D eigenvalue weighted by molar-refractivity contribution is 7.07. The summed E-state index contributed by atoms with van der Waals surface area (Å²) >= 11 is 1.73. The first kappa shape index (κ1) is 16.8. The van der Waals surface area contributed by atoms with Gasteiger partial charge in [-0.3, -0.25) is 0 Å². The molecule has 20 heavy (non-hydrogen) atoms. The average molecular weight is 313 g/mol. The van der Waals surface area contributed by atoms with E-state index in [1.165, 1.54) is 11.1 Å². The van der Waals surface area contributed by atoms with Gasteiger partial charge >= 0.3 is 0 Å². The van der Waals surface area contributed by atoms with Gasteiger partial charge in [0.2, 0.25) is 0 Å². The number of rotatable bonds is 7. The van der Waals surface area contributed by atoms with Gasteiger partial charge in [-0.1, -0.05) is 6.07 Å². The fourth-order valence-corrected chi connectivity index (χ4v) is 2.56. The van der Waals surface area contributed by atoms with E-state index < -0.39 is 0 Å². The molecule has 0 unspecified atom stereocenters. The van der Waals surface area contributed by atoms with Crippen LogP contribution >= 0.6 is 11.3 Å². The smallest absolute Gasteiger partial charge is 0.160 e. The highest BCUT2D eigenvalue weighted by Crippen LogP contribution is 2.27. The molecule has 0 aliphatic heterocycles. The minimum absolute atomic E-state index is 0. The Kier molecular flexibility index (Phi) is 7.44. The average Bonchev–Trinajstić information content (AvgIpc) is 2.96. The van der Waals surface area contributed by atoms with Crippen LogP contribution < -0.4 is 27.2 Å². The lowest BCUT2D eigenvalue weighted by atomic mass is 10.1. The molecule has 0 spiro atoms. The summed E-state index contributed by atoms with van der Waals surface area (Å²) in [5.41, 5.74) is 2.59. The first-order valence-corrected chi connectivity index (χ1v) is 7.20. The monoisotopic (exact) mass is 312 g/mol. The van der Waals surface area contributed by atoms with Gasteiger partial charge in [0, 0.05) is 6.54 Å². The van der Waals surface area contributed by atoms with Crippen LogP contribution in [0.2, 0.25) is 0 Å². The molecule has 1 aromatic heterocycles. The van der Waals surface area contributed by atoms with Crippen LogP contribution in [0.5, 0.6) is 11.5 Å². The number of benzene rings is 1. The molecular formula is C15H19ClNO2S-. The normalized spacial score (nSPS) is 9.90. The topological polar surface area (TPSA) is 30.5 Å². The second-order valence-electron chi connectivity index (χ2n) is 4.25. The van der Waals surface area contributed by atoms with Gasteiger partial charge in [-0.2, -0.15) is 11.3 Å². The number of halogens is 1. The molecule has 3 nitrogen and oxygen atoms in total. The Morgan fingerprint density at radius 3 is 2.50 bits per heavy atom. The summed E-state index contributed by atoms with van der Waals surface area (Å²) in [5.74, 6) is 1.57. The van der Waals surface area contributed by atoms with E-state index in [1.807, 2.05) is 12.1 Å². The minimum Gasteiger partial charge on any atom is -1.00 e. The van der Waals surface area contributed by atoms with Crippen molar-refractivity contribution in [2.75, 3.05) is 20.8 Å². The van der Waals surface area contributed by atoms with E-state index in [1.54, 1.807) is 25.6 Å². The zero-order valence-corrected chi connectivity index (χ0v) is 13.3. The molecule has 0 bridgehead atoms. The van der Waals surface area contributed by atoms with Gasteiger partial charge in [-0.15, -0.1) is 0 Å². The van der Waals surface area contributed by atoms with E-state index in [0.29, 0.717) is 0 Å². The number of ether oxygens (including phenoxy) is 2. The second kappa shape index (κ2) is 8.84. The summed E-state index contributed by atoms with van der Waals surface area (Å²) in [5, 5.41) is 7.71. The lowest BCUT2D eigenvalue weighted by Gasteiger charge is -2.09. The van der Waals surface area contributed by atoms with Gasteiger partial charge in [0.25, 0.3) is 0 Å². The molecule has 2 rings (SSSR count). The van der Waals surface area contributed by atoms with Crippen molar-refractivity contribution in [2.24, 2.45) is 0 Å². The van der Waals surface area contributed by atoms with Crippen LogP contribution in [-0.2, 0) is 13.0 Å². The third kappa shape index (κ3) is 4.71. The fraction of sp³-hybridized carbons (Fsp3) is 0.333. The van der Waals surface area contributed by atoms with Crippen molar-refractivity contribution in [3.8, 4) is 11.5 Å². The van der Waals surface area contributed by atoms with Crippen LogP contribution in [0, 0.1) is 0 Å². The highest BCUT2D eigenvalue weighted by atomic mass is 35.5. The van der Waals surface area contributed by atoms with Crippen LogP contribution in [0.15, 0.2) is 35.0 Å². The van der Waals surface area contributed by atoms with Crippen molar-refractivity contribution in [3.63, 3.8) is 0 Å². The van der Waals surface area contributed by atoms with Crippen molar-refractivity contribution in [2.45, 2.75) is 13.0 Å². The Bertz CT molecular complexity index is 503. The Labute approximate surface area is 130 Å². The summed E-state index contributed by atoms with van der Waals surface area (Å²) < 4.78 is 10.5. The largest absolute Gasteiger partial charge is 1.00 e. The van der Waals surface area contributed by atoms with Crippen molar-refractivity contribution in [1.29, 1.82) is 0 Å². The van der Waals surface area contributed by atoms with E-state index in [2.05, 4.69) is 28.2 Å². The molecule has 0 amide bonds. The zero-order valence-electron chi connectivity index (χ0n) is 11.7. The summed E-state index contributed by atoms with van der Waals surface area (Å²) in [6.07, 6.45) is 0.977. The molecule has 1 N–H and O–H groups in total. The van der Waals surface area contributed by atoms with Crippen LogP contribution in [0.25, 0.3) is 0 Å². The molecule has 0 aliphatic rings. The second-order valence-corrected chi connectivity index (χ2v) is 5.03. The molecule has 110 valence electrons. The van der Waals surface area contributed by atoms with Crippen molar-refractivity contribution < 1.29 is 21.9 Å². The van der Waals surface area contributed by atoms with Gasteiger partial charge in [-0.25, -0.2) is 0 Å². The van der Waals surface area contributed by atoms with Crippen molar-refractivity contribution in [3.05, 3.63) is 46.2 Å². The van der Waals surface area contributed by atoms with Crippen LogP contribution in [0.3, 0.4) is 0 Å². The molecule has 0 radical (unpaired) electrons. The van der Waals surface area contributed by atoms with Gasteiger partial charge in [0.05, 0.1) is 14.2 Å².